The normalized spacial score (nSPS) is 18.9. The van der Waals surface area contributed by atoms with Crippen LogP contribution in [-0.2, 0) is 11.2 Å². The maximum absolute atomic E-state index is 12.1. The lowest BCUT2D eigenvalue weighted by Crippen LogP contribution is -2.43. The molecule has 1 aliphatic heterocycles. The van der Waals surface area contributed by atoms with Crippen molar-refractivity contribution in [3.8, 4) is 0 Å². The standard InChI is InChI=1S/C20H30N4O/c1-2-21-19(24-14-12-20(16-24)10-6-11-20)23-15-18(25)22-13-9-17-7-4-3-5-8-17/h3-5,7-8H,2,6,9-16H2,1H3,(H,21,23)(H,22,25). The number of likely N-dealkylation sites (tertiary alicyclic amines) is 1. The molecule has 0 atom stereocenters. The number of rotatable bonds is 6. The van der Waals surface area contributed by atoms with E-state index in [1.165, 1.54) is 31.2 Å². The topological polar surface area (TPSA) is 56.7 Å². The molecule has 1 aliphatic carbocycles. The second kappa shape index (κ2) is 8.37. The molecule has 0 bridgehead atoms. The highest BCUT2D eigenvalue weighted by Gasteiger charge is 2.43. The highest BCUT2D eigenvalue weighted by Crippen LogP contribution is 2.47. The van der Waals surface area contributed by atoms with Crippen molar-refractivity contribution in [3.05, 3.63) is 35.9 Å². The van der Waals surface area contributed by atoms with Gasteiger partial charge in [-0.15, -0.1) is 0 Å². The van der Waals surface area contributed by atoms with Gasteiger partial charge in [0.05, 0.1) is 0 Å². The van der Waals surface area contributed by atoms with Crippen molar-refractivity contribution in [1.82, 2.24) is 15.5 Å². The number of amides is 1. The summed E-state index contributed by atoms with van der Waals surface area (Å²) in [4.78, 5) is 19.0. The second-order valence-electron chi connectivity index (χ2n) is 7.28. The van der Waals surface area contributed by atoms with E-state index in [9.17, 15) is 4.79 Å². The van der Waals surface area contributed by atoms with Crippen molar-refractivity contribution in [2.75, 3.05) is 32.7 Å². The lowest BCUT2D eigenvalue weighted by atomic mass is 9.68. The Bertz CT molecular complexity index is 595. The molecule has 0 aromatic heterocycles. The Labute approximate surface area is 150 Å². The number of carbonyl (C=O) groups excluding carboxylic acids is 1. The van der Waals surface area contributed by atoms with E-state index in [1.807, 2.05) is 18.2 Å². The SMILES string of the molecule is CCNC(=NCC(=O)NCCc1ccccc1)N1CCC2(CCC2)C1. The molecule has 0 radical (unpaired) electrons. The van der Waals surface area contributed by atoms with Gasteiger partial charge in [0.25, 0.3) is 0 Å². The monoisotopic (exact) mass is 342 g/mol. The Morgan fingerprint density at radius 3 is 2.64 bits per heavy atom. The van der Waals surface area contributed by atoms with Gasteiger partial charge in [0.15, 0.2) is 5.96 Å². The number of nitrogens with one attached hydrogen (secondary N) is 2. The molecule has 1 amide bonds. The average Bonchev–Trinajstić information content (AvgIpc) is 3.05. The summed E-state index contributed by atoms with van der Waals surface area (Å²) in [6.07, 6.45) is 6.18. The van der Waals surface area contributed by atoms with Crippen LogP contribution < -0.4 is 10.6 Å². The van der Waals surface area contributed by atoms with E-state index in [2.05, 4.69) is 39.6 Å². The first-order valence-corrected chi connectivity index (χ1v) is 9.55. The quantitative estimate of drug-likeness (QED) is 0.615. The zero-order valence-corrected chi connectivity index (χ0v) is 15.3. The summed E-state index contributed by atoms with van der Waals surface area (Å²) in [7, 11) is 0. The van der Waals surface area contributed by atoms with Crippen molar-refractivity contribution >= 4 is 11.9 Å². The third kappa shape index (κ3) is 4.74. The van der Waals surface area contributed by atoms with E-state index >= 15 is 0 Å². The largest absolute Gasteiger partial charge is 0.357 e. The van der Waals surface area contributed by atoms with Gasteiger partial charge in [0, 0.05) is 26.2 Å². The number of guanidine groups is 1. The van der Waals surface area contributed by atoms with Crippen LogP contribution >= 0.6 is 0 Å². The van der Waals surface area contributed by atoms with Gasteiger partial charge >= 0.3 is 0 Å². The molecule has 136 valence electrons. The molecule has 3 rings (SSSR count). The third-order valence-corrected chi connectivity index (χ3v) is 5.44. The summed E-state index contributed by atoms with van der Waals surface area (Å²) in [5.41, 5.74) is 1.77. The molecular weight excluding hydrogens is 312 g/mol. The number of nitrogens with zero attached hydrogens (tertiary/aromatic N) is 2. The van der Waals surface area contributed by atoms with Crippen LogP contribution in [0.2, 0.25) is 0 Å². The average molecular weight is 342 g/mol. The van der Waals surface area contributed by atoms with Crippen molar-refractivity contribution < 1.29 is 4.79 Å². The maximum Gasteiger partial charge on any atom is 0.241 e. The van der Waals surface area contributed by atoms with E-state index < -0.39 is 0 Å². The fraction of sp³-hybridized carbons (Fsp3) is 0.600. The van der Waals surface area contributed by atoms with Gasteiger partial charge in [-0.05, 0) is 43.6 Å². The predicted octanol–water partition coefficient (Wildman–Crippen LogP) is 2.19. The first kappa shape index (κ1) is 17.8. The van der Waals surface area contributed by atoms with Gasteiger partial charge in [-0.3, -0.25) is 4.79 Å². The zero-order valence-electron chi connectivity index (χ0n) is 15.3. The molecule has 1 aromatic rings. The first-order valence-electron chi connectivity index (χ1n) is 9.55. The minimum atomic E-state index is -0.0103. The molecule has 1 spiro atoms. The Balaban J connectivity index is 1.45. The molecule has 0 unspecified atom stereocenters. The lowest BCUT2D eigenvalue weighted by molar-refractivity contribution is -0.119. The van der Waals surface area contributed by atoms with E-state index in [4.69, 9.17) is 0 Å². The van der Waals surface area contributed by atoms with E-state index in [-0.39, 0.29) is 12.5 Å². The molecule has 5 nitrogen and oxygen atoms in total. The van der Waals surface area contributed by atoms with Crippen LogP contribution in [-0.4, -0.2) is 49.5 Å². The summed E-state index contributed by atoms with van der Waals surface area (Å²) in [5.74, 6) is 0.883. The van der Waals surface area contributed by atoms with Crippen LogP contribution in [0.4, 0.5) is 0 Å². The number of benzene rings is 1. The van der Waals surface area contributed by atoms with Gasteiger partial charge in [0.1, 0.15) is 6.54 Å². The summed E-state index contributed by atoms with van der Waals surface area (Å²) in [5, 5.41) is 6.31. The smallest absolute Gasteiger partial charge is 0.241 e. The summed E-state index contributed by atoms with van der Waals surface area (Å²) in [6.45, 7) is 5.90. The summed E-state index contributed by atoms with van der Waals surface area (Å²) < 4.78 is 0. The minimum absolute atomic E-state index is 0.0103. The van der Waals surface area contributed by atoms with Crippen LogP contribution in [0.1, 0.15) is 38.2 Å². The maximum atomic E-state index is 12.1. The van der Waals surface area contributed by atoms with Crippen molar-refractivity contribution in [3.63, 3.8) is 0 Å². The molecule has 1 aromatic carbocycles. The van der Waals surface area contributed by atoms with Crippen molar-refractivity contribution in [2.45, 2.75) is 39.0 Å². The van der Waals surface area contributed by atoms with Crippen LogP contribution in [0.3, 0.4) is 0 Å². The van der Waals surface area contributed by atoms with Crippen LogP contribution in [0.15, 0.2) is 35.3 Å². The van der Waals surface area contributed by atoms with Gasteiger partial charge in [-0.1, -0.05) is 36.8 Å². The van der Waals surface area contributed by atoms with Crippen molar-refractivity contribution in [2.24, 2.45) is 10.4 Å². The molecule has 5 heteroatoms. The number of aliphatic imine (C=N–C) groups is 1. The molecule has 1 saturated heterocycles. The van der Waals surface area contributed by atoms with E-state index in [1.54, 1.807) is 0 Å². The summed E-state index contributed by atoms with van der Waals surface area (Å²) in [6, 6.07) is 10.2. The van der Waals surface area contributed by atoms with Crippen LogP contribution in [0.5, 0.6) is 0 Å². The molecule has 1 saturated carbocycles. The molecule has 2 N–H and O–H groups in total. The van der Waals surface area contributed by atoms with Gasteiger partial charge in [-0.2, -0.15) is 0 Å². The molecule has 2 fully saturated rings. The van der Waals surface area contributed by atoms with Gasteiger partial charge in [0.2, 0.25) is 5.91 Å². The Kier molecular flexibility index (Phi) is 5.95. The van der Waals surface area contributed by atoms with Crippen LogP contribution in [0.25, 0.3) is 0 Å². The molecular formula is C20H30N4O. The van der Waals surface area contributed by atoms with Gasteiger partial charge < -0.3 is 15.5 Å². The fourth-order valence-corrected chi connectivity index (χ4v) is 3.82. The lowest BCUT2D eigenvalue weighted by Gasteiger charge is -2.38. The zero-order chi connectivity index (χ0) is 17.5. The summed E-state index contributed by atoms with van der Waals surface area (Å²) >= 11 is 0. The number of carbonyl (C=O) groups is 1. The first-order chi connectivity index (χ1) is 12.2. The fourth-order valence-electron chi connectivity index (χ4n) is 3.82. The highest BCUT2D eigenvalue weighted by molar-refractivity contribution is 5.85. The number of hydrogen-bond donors (Lipinski definition) is 2. The highest BCUT2D eigenvalue weighted by atomic mass is 16.1. The third-order valence-electron chi connectivity index (χ3n) is 5.44. The van der Waals surface area contributed by atoms with E-state index in [0.717, 1.165) is 32.0 Å². The second-order valence-corrected chi connectivity index (χ2v) is 7.28. The predicted molar refractivity (Wildman–Crippen MR) is 102 cm³/mol. The minimum Gasteiger partial charge on any atom is -0.357 e. The molecule has 1 heterocycles. The van der Waals surface area contributed by atoms with E-state index in [0.29, 0.717) is 12.0 Å². The van der Waals surface area contributed by atoms with Gasteiger partial charge in [-0.25, -0.2) is 4.99 Å². The Morgan fingerprint density at radius 1 is 1.20 bits per heavy atom. The Morgan fingerprint density at radius 2 is 2.00 bits per heavy atom. The molecule has 2 aliphatic rings. The number of hydrogen-bond acceptors (Lipinski definition) is 2. The van der Waals surface area contributed by atoms with Crippen molar-refractivity contribution in [1.29, 1.82) is 0 Å². The molecule has 25 heavy (non-hydrogen) atoms. The van der Waals surface area contributed by atoms with Crippen LogP contribution in [0, 0.1) is 5.41 Å². The Hall–Kier alpha value is -2.04.